The number of benzene rings is 1. The minimum Gasteiger partial charge on any atom is -0.355 e. The van der Waals surface area contributed by atoms with Gasteiger partial charge in [-0.25, -0.2) is 13.1 Å². The van der Waals surface area contributed by atoms with Crippen molar-refractivity contribution in [3.8, 4) is 0 Å². The number of hydrogen-bond acceptors (Lipinski definition) is 3. The van der Waals surface area contributed by atoms with Crippen LogP contribution in [-0.4, -0.2) is 57.8 Å². The lowest BCUT2D eigenvalue weighted by Gasteiger charge is -2.22. The first-order valence-electron chi connectivity index (χ1n) is 8.83. The topological polar surface area (TPSA) is 73.8 Å². The van der Waals surface area contributed by atoms with Crippen LogP contribution in [0.3, 0.4) is 0 Å². The molecule has 2 rings (SSSR count). The standard InChI is InChI=1S/C18H30N4O2S.HI/c1-14(2)21-25(23,24)12-10-20-18(19-4)22-11-9-16(13-22)17-8-6-5-7-15(17)3;/h5-8,14,16,21H,9-13H2,1-4H3,(H,19,20);1H. The predicted octanol–water partition coefficient (Wildman–Crippen LogP) is 2.31. The molecule has 0 amide bonds. The Hall–Kier alpha value is -0.870. The van der Waals surface area contributed by atoms with E-state index in [2.05, 4.69) is 51.1 Å². The van der Waals surface area contributed by atoms with Gasteiger partial charge < -0.3 is 10.2 Å². The number of nitrogens with one attached hydrogen (secondary N) is 2. The molecular formula is C18H31IN4O2S. The first-order valence-corrected chi connectivity index (χ1v) is 10.5. The van der Waals surface area contributed by atoms with Gasteiger partial charge in [-0.05, 0) is 38.3 Å². The summed E-state index contributed by atoms with van der Waals surface area (Å²) in [5, 5.41) is 3.18. The van der Waals surface area contributed by atoms with Crippen LogP contribution in [0.25, 0.3) is 0 Å². The van der Waals surface area contributed by atoms with Crippen molar-refractivity contribution < 1.29 is 8.42 Å². The van der Waals surface area contributed by atoms with E-state index in [0.29, 0.717) is 12.5 Å². The average Bonchev–Trinajstić information content (AvgIpc) is 3.00. The van der Waals surface area contributed by atoms with E-state index in [4.69, 9.17) is 0 Å². The fourth-order valence-corrected chi connectivity index (χ4v) is 4.51. The largest absolute Gasteiger partial charge is 0.355 e. The predicted molar refractivity (Wildman–Crippen MR) is 119 cm³/mol. The van der Waals surface area contributed by atoms with Gasteiger partial charge in [0.1, 0.15) is 0 Å². The lowest BCUT2D eigenvalue weighted by molar-refractivity contribution is 0.487. The highest BCUT2D eigenvalue weighted by atomic mass is 127. The quantitative estimate of drug-likeness (QED) is 0.362. The Morgan fingerprint density at radius 2 is 2.04 bits per heavy atom. The van der Waals surface area contributed by atoms with Crippen molar-refractivity contribution in [1.82, 2.24) is 14.9 Å². The summed E-state index contributed by atoms with van der Waals surface area (Å²) in [6.07, 6.45) is 1.08. The van der Waals surface area contributed by atoms with Crippen LogP contribution in [0.15, 0.2) is 29.3 Å². The third-order valence-electron chi connectivity index (χ3n) is 4.40. The smallest absolute Gasteiger partial charge is 0.213 e. The summed E-state index contributed by atoms with van der Waals surface area (Å²) >= 11 is 0. The van der Waals surface area contributed by atoms with Gasteiger partial charge in [-0.1, -0.05) is 24.3 Å². The number of guanidine groups is 1. The summed E-state index contributed by atoms with van der Waals surface area (Å²) in [5.41, 5.74) is 2.72. The molecule has 0 bridgehead atoms. The SMILES string of the molecule is CN=C(NCCS(=O)(=O)NC(C)C)N1CCC(c2ccccc2C)C1.I. The highest BCUT2D eigenvalue weighted by molar-refractivity contribution is 14.0. The molecule has 1 aliphatic heterocycles. The summed E-state index contributed by atoms with van der Waals surface area (Å²) in [6, 6.07) is 8.42. The Labute approximate surface area is 174 Å². The van der Waals surface area contributed by atoms with Crippen LogP contribution in [0.5, 0.6) is 0 Å². The molecule has 1 aromatic rings. The van der Waals surface area contributed by atoms with Crippen molar-refractivity contribution >= 4 is 40.0 Å². The third kappa shape index (κ3) is 6.70. The highest BCUT2D eigenvalue weighted by Crippen LogP contribution is 2.29. The van der Waals surface area contributed by atoms with Gasteiger partial charge in [-0.2, -0.15) is 0 Å². The van der Waals surface area contributed by atoms with Gasteiger partial charge in [0.05, 0.1) is 5.75 Å². The molecule has 1 saturated heterocycles. The Bertz CT molecular complexity index is 707. The maximum Gasteiger partial charge on any atom is 0.213 e. The molecule has 6 nitrogen and oxygen atoms in total. The fraction of sp³-hybridized carbons (Fsp3) is 0.611. The summed E-state index contributed by atoms with van der Waals surface area (Å²) in [7, 11) is -1.51. The molecule has 1 unspecified atom stereocenters. The Morgan fingerprint density at radius 3 is 2.65 bits per heavy atom. The Morgan fingerprint density at radius 1 is 1.35 bits per heavy atom. The van der Waals surface area contributed by atoms with Crippen LogP contribution in [0.1, 0.15) is 37.3 Å². The van der Waals surface area contributed by atoms with Gasteiger partial charge in [-0.15, -0.1) is 24.0 Å². The molecule has 0 aromatic heterocycles. The van der Waals surface area contributed by atoms with Gasteiger partial charge in [0.2, 0.25) is 10.0 Å². The first kappa shape index (κ1) is 23.2. The lowest BCUT2D eigenvalue weighted by atomic mass is 9.94. The number of aliphatic imine (C=N–C) groups is 1. The van der Waals surface area contributed by atoms with Crippen LogP contribution in [0.4, 0.5) is 0 Å². The maximum atomic E-state index is 11.9. The molecule has 1 fully saturated rings. The van der Waals surface area contributed by atoms with Crippen molar-refractivity contribution in [3.05, 3.63) is 35.4 Å². The van der Waals surface area contributed by atoms with Crippen LogP contribution in [-0.2, 0) is 10.0 Å². The van der Waals surface area contributed by atoms with E-state index in [-0.39, 0.29) is 35.8 Å². The van der Waals surface area contributed by atoms with Crippen molar-refractivity contribution in [2.24, 2.45) is 4.99 Å². The molecular weight excluding hydrogens is 463 g/mol. The summed E-state index contributed by atoms with van der Waals surface area (Å²) < 4.78 is 26.4. The third-order valence-corrected chi connectivity index (χ3v) is 5.97. The number of sulfonamides is 1. The van der Waals surface area contributed by atoms with E-state index in [1.165, 1.54) is 11.1 Å². The minimum absolute atomic E-state index is 0. The van der Waals surface area contributed by atoms with E-state index in [1.54, 1.807) is 7.05 Å². The Kier molecular flexibility index (Phi) is 9.32. The second kappa shape index (κ2) is 10.5. The van der Waals surface area contributed by atoms with Gasteiger partial charge in [-0.3, -0.25) is 4.99 Å². The van der Waals surface area contributed by atoms with Gasteiger partial charge >= 0.3 is 0 Å². The number of rotatable bonds is 6. The zero-order valence-corrected chi connectivity index (χ0v) is 19.2. The average molecular weight is 494 g/mol. The van der Waals surface area contributed by atoms with Crippen LogP contribution >= 0.6 is 24.0 Å². The molecule has 1 atom stereocenters. The maximum absolute atomic E-state index is 11.9. The van der Waals surface area contributed by atoms with Crippen molar-refractivity contribution in [1.29, 1.82) is 0 Å². The number of halogens is 1. The molecule has 0 radical (unpaired) electrons. The first-order chi connectivity index (χ1) is 11.8. The van der Waals surface area contributed by atoms with E-state index in [1.807, 2.05) is 13.8 Å². The zero-order chi connectivity index (χ0) is 18.4. The van der Waals surface area contributed by atoms with E-state index in [9.17, 15) is 8.42 Å². The zero-order valence-electron chi connectivity index (χ0n) is 16.0. The molecule has 26 heavy (non-hydrogen) atoms. The summed E-state index contributed by atoms with van der Waals surface area (Å²) in [5.74, 6) is 1.31. The second-order valence-electron chi connectivity index (χ2n) is 6.85. The fourth-order valence-electron chi connectivity index (χ4n) is 3.30. The van der Waals surface area contributed by atoms with E-state index < -0.39 is 10.0 Å². The van der Waals surface area contributed by atoms with E-state index >= 15 is 0 Å². The Balaban J connectivity index is 0.00000338. The molecule has 1 aliphatic rings. The van der Waals surface area contributed by atoms with Gasteiger partial charge in [0.25, 0.3) is 0 Å². The molecule has 0 saturated carbocycles. The normalized spacial score (nSPS) is 18.1. The molecule has 1 aromatic carbocycles. The number of likely N-dealkylation sites (tertiary alicyclic amines) is 1. The molecule has 148 valence electrons. The van der Waals surface area contributed by atoms with E-state index in [0.717, 1.165) is 25.5 Å². The lowest BCUT2D eigenvalue weighted by Crippen LogP contribution is -2.43. The van der Waals surface area contributed by atoms with Crippen molar-refractivity contribution in [2.45, 2.75) is 39.2 Å². The second-order valence-corrected chi connectivity index (χ2v) is 8.73. The molecule has 8 heteroatoms. The van der Waals surface area contributed by atoms with Gasteiger partial charge in [0.15, 0.2) is 5.96 Å². The minimum atomic E-state index is -3.25. The van der Waals surface area contributed by atoms with Crippen molar-refractivity contribution in [3.63, 3.8) is 0 Å². The van der Waals surface area contributed by atoms with Crippen molar-refractivity contribution in [2.75, 3.05) is 32.4 Å². The highest BCUT2D eigenvalue weighted by Gasteiger charge is 2.27. The summed E-state index contributed by atoms with van der Waals surface area (Å²) in [6.45, 7) is 7.97. The van der Waals surface area contributed by atoms with Crippen LogP contribution in [0, 0.1) is 6.92 Å². The molecule has 0 aliphatic carbocycles. The van der Waals surface area contributed by atoms with Crippen LogP contribution < -0.4 is 10.0 Å². The van der Waals surface area contributed by atoms with Crippen LogP contribution in [0.2, 0.25) is 0 Å². The number of nitrogens with zero attached hydrogens (tertiary/aromatic N) is 2. The number of aryl methyl sites for hydroxylation is 1. The number of hydrogen-bond donors (Lipinski definition) is 2. The summed E-state index contributed by atoms with van der Waals surface area (Å²) in [4.78, 5) is 6.53. The molecule has 1 heterocycles. The van der Waals surface area contributed by atoms with Gasteiger partial charge in [0, 0.05) is 38.6 Å². The molecule has 0 spiro atoms. The molecule has 2 N–H and O–H groups in total. The monoisotopic (exact) mass is 494 g/mol.